The summed E-state index contributed by atoms with van der Waals surface area (Å²) in [6, 6.07) is 0.632. The molecule has 4 atom stereocenters. The zero-order valence-corrected chi connectivity index (χ0v) is 17.9. The van der Waals surface area contributed by atoms with Crippen molar-refractivity contribution < 1.29 is 4.74 Å². The third-order valence-corrected chi connectivity index (χ3v) is 4.96. The molecule has 2 N–H and O–H groups in total. The highest BCUT2D eigenvalue weighted by molar-refractivity contribution is 14.0. The second-order valence-corrected chi connectivity index (χ2v) is 8.05. The Balaban J connectivity index is 0.00000264. The average Bonchev–Trinajstić information content (AvgIpc) is 3.21. The van der Waals surface area contributed by atoms with Gasteiger partial charge in [0, 0.05) is 32.2 Å². The van der Waals surface area contributed by atoms with Crippen LogP contribution in [0, 0.1) is 17.3 Å². The molecular formula is C18H36IN3O. The summed E-state index contributed by atoms with van der Waals surface area (Å²) in [6.07, 6.45) is 6.66. The molecule has 5 heteroatoms. The van der Waals surface area contributed by atoms with Crippen LogP contribution in [0.3, 0.4) is 0 Å². The molecule has 0 spiro atoms. The van der Waals surface area contributed by atoms with Crippen LogP contribution in [0.4, 0.5) is 0 Å². The normalized spacial score (nSPS) is 31.3. The number of aliphatic imine (C=N–C) groups is 1. The fraction of sp³-hybridized carbons (Fsp3) is 0.944. The molecule has 1 aliphatic carbocycles. The average molecular weight is 437 g/mol. The van der Waals surface area contributed by atoms with E-state index < -0.39 is 0 Å². The number of rotatable bonds is 5. The van der Waals surface area contributed by atoms with Crippen LogP contribution >= 0.6 is 24.0 Å². The number of ether oxygens (including phenoxy) is 1. The molecule has 0 amide bonds. The summed E-state index contributed by atoms with van der Waals surface area (Å²) in [6.45, 7) is 11.0. The molecule has 1 aliphatic heterocycles. The SMILES string of the molecule is CCCC1CC1NC(=NC)NCC1CCCOC1C(C)(C)C.I. The van der Waals surface area contributed by atoms with E-state index in [1.807, 2.05) is 7.05 Å². The van der Waals surface area contributed by atoms with Gasteiger partial charge < -0.3 is 15.4 Å². The molecule has 4 unspecified atom stereocenters. The van der Waals surface area contributed by atoms with Crippen LogP contribution in [0.5, 0.6) is 0 Å². The number of hydrogen-bond acceptors (Lipinski definition) is 2. The Bertz CT molecular complexity index is 381. The van der Waals surface area contributed by atoms with Gasteiger partial charge >= 0.3 is 0 Å². The van der Waals surface area contributed by atoms with Crippen LogP contribution < -0.4 is 10.6 Å². The van der Waals surface area contributed by atoms with Gasteiger partial charge in [-0.3, -0.25) is 4.99 Å². The van der Waals surface area contributed by atoms with E-state index >= 15 is 0 Å². The van der Waals surface area contributed by atoms with E-state index in [0.29, 0.717) is 18.1 Å². The molecule has 2 rings (SSSR count). The molecule has 2 fully saturated rings. The first-order valence-electron chi connectivity index (χ1n) is 9.04. The standard InChI is InChI=1S/C18H35N3O.HI/c1-6-8-13-11-15(13)21-17(19-5)20-12-14-9-7-10-22-16(14)18(2,3)4;/h13-16H,6-12H2,1-5H3,(H2,19,20,21);1H. The summed E-state index contributed by atoms with van der Waals surface area (Å²) in [5.74, 6) is 2.38. The van der Waals surface area contributed by atoms with Gasteiger partial charge in [0.15, 0.2) is 5.96 Å². The monoisotopic (exact) mass is 437 g/mol. The van der Waals surface area contributed by atoms with E-state index in [1.54, 1.807) is 0 Å². The van der Waals surface area contributed by atoms with Crippen LogP contribution in [0.1, 0.15) is 59.8 Å². The van der Waals surface area contributed by atoms with Crippen molar-refractivity contribution in [3.8, 4) is 0 Å². The Morgan fingerprint density at radius 2 is 2.00 bits per heavy atom. The second-order valence-electron chi connectivity index (χ2n) is 8.05. The maximum absolute atomic E-state index is 6.06. The van der Waals surface area contributed by atoms with Crippen molar-refractivity contribution in [2.45, 2.75) is 71.9 Å². The van der Waals surface area contributed by atoms with Gasteiger partial charge in [0.1, 0.15) is 0 Å². The van der Waals surface area contributed by atoms with Crippen molar-refractivity contribution in [3.63, 3.8) is 0 Å². The molecule has 136 valence electrons. The van der Waals surface area contributed by atoms with E-state index in [9.17, 15) is 0 Å². The predicted molar refractivity (Wildman–Crippen MR) is 109 cm³/mol. The molecule has 23 heavy (non-hydrogen) atoms. The maximum atomic E-state index is 6.06. The van der Waals surface area contributed by atoms with Gasteiger partial charge in [0.05, 0.1) is 6.10 Å². The Morgan fingerprint density at radius 3 is 2.61 bits per heavy atom. The lowest BCUT2D eigenvalue weighted by molar-refractivity contribution is -0.0835. The Morgan fingerprint density at radius 1 is 1.26 bits per heavy atom. The smallest absolute Gasteiger partial charge is 0.191 e. The Kier molecular flexibility index (Phi) is 8.63. The van der Waals surface area contributed by atoms with E-state index in [4.69, 9.17) is 4.74 Å². The maximum Gasteiger partial charge on any atom is 0.191 e. The van der Waals surface area contributed by atoms with E-state index in [2.05, 4.69) is 43.3 Å². The van der Waals surface area contributed by atoms with Crippen molar-refractivity contribution in [1.82, 2.24) is 10.6 Å². The van der Waals surface area contributed by atoms with Gasteiger partial charge in [-0.05, 0) is 37.0 Å². The van der Waals surface area contributed by atoms with E-state index in [0.717, 1.165) is 25.0 Å². The number of hydrogen-bond donors (Lipinski definition) is 2. The summed E-state index contributed by atoms with van der Waals surface area (Å²) in [5, 5.41) is 7.10. The second kappa shape index (κ2) is 9.44. The van der Waals surface area contributed by atoms with Gasteiger partial charge in [0.2, 0.25) is 0 Å². The van der Waals surface area contributed by atoms with Crippen LogP contribution in [0.15, 0.2) is 4.99 Å². The Labute approximate surface area is 159 Å². The van der Waals surface area contributed by atoms with Crippen molar-refractivity contribution >= 4 is 29.9 Å². The third-order valence-electron chi connectivity index (χ3n) is 4.96. The summed E-state index contributed by atoms with van der Waals surface area (Å²) >= 11 is 0. The van der Waals surface area contributed by atoms with Crippen LogP contribution in [-0.2, 0) is 4.74 Å². The third kappa shape index (κ3) is 6.40. The van der Waals surface area contributed by atoms with E-state index in [1.165, 1.54) is 32.1 Å². The van der Waals surface area contributed by atoms with Crippen LogP contribution in [0.2, 0.25) is 0 Å². The van der Waals surface area contributed by atoms with Crippen LogP contribution in [-0.4, -0.2) is 38.3 Å². The number of nitrogens with one attached hydrogen (secondary N) is 2. The highest BCUT2D eigenvalue weighted by atomic mass is 127. The lowest BCUT2D eigenvalue weighted by atomic mass is 9.78. The van der Waals surface area contributed by atoms with Gasteiger partial charge in [-0.1, -0.05) is 34.1 Å². The molecule has 0 bridgehead atoms. The molecule has 1 saturated heterocycles. The first kappa shape index (κ1) is 21.0. The fourth-order valence-electron chi connectivity index (χ4n) is 3.72. The van der Waals surface area contributed by atoms with Crippen molar-refractivity contribution in [2.24, 2.45) is 22.2 Å². The summed E-state index contributed by atoms with van der Waals surface area (Å²) < 4.78 is 6.06. The molecule has 0 aromatic carbocycles. The molecule has 0 radical (unpaired) electrons. The highest BCUT2D eigenvalue weighted by Gasteiger charge is 2.37. The molecule has 1 saturated carbocycles. The first-order chi connectivity index (χ1) is 10.5. The minimum Gasteiger partial charge on any atom is -0.377 e. The summed E-state index contributed by atoms with van der Waals surface area (Å²) in [5.41, 5.74) is 0.201. The van der Waals surface area contributed by atoms with Gasteiger partial charge in [-0.25, -0.2) is 0 Å². The van der Waals surface area contributed by atoms with Gasteiger partial charge in [-0.15, -0.1) is 24.0 Å². The van der Waals surface area contributed by atoms with Crippen LogP contribution in [0.25, 0.3) is 0 Å². The molecule has 4 nitrogen and oxygen atoms in total. The zero-order valence-electron chi connectivity index (χ0n) is 15.5. The number of guanidine groups is 1. The number of halogens is 1. The first-order valence-corrected chi connectivity index (χ1v) is 9.04. The lowest BCUT2D eigenvalue weighted by Crippen LogP contribution is -2.48. The molecular weight excluding hydrogens is 401 g/mol. The lowest BCUT2D eigenvalue weighted by Gasteiger charge is -2.40. The zero-order chi connectivity index (χ0) is 16.2. The van der Waals surface area contributed by atoms with E-state index in [-0.39, 0.29) is 29.4 Å². The summed E-state index contributed by atoms with van der Waals surface area (Å²) in [4.78, 5) is 4.39. The van der Waals surface area contributed by atoms with Crippen molar-refractivity contribution in [2.75, 3.05) is 20.2 Å². The summed E-state index contributed by atoms with van der Waals surface area (Å²) in [7, 11) is 1.87. The number of nitrogens with zero attached hydrogens (tertiary/aromatic N) is 1. The minimum absolute atomic E-state index is 0. The van der Waals surface area contributed by atoms with Crippen molar-refractivity contribution in [1.29, 1.82) is 0 Å². The molecule has 0 aromatic rings. The quantitative estimate of drug-likeness (QED) is 0.391. The van der Waals surface area contributed by atoms with Gasteiger partial charge in [0.25, 0.3) is 0 Å². The predicted octanol–water partition coefficient (Wildman–Crippen LogP) is 3.80. The highest BCUT2D eigenvalue weighted by Crippen LogP contribution is 2.35. The largest absolute Gasteiger partial charge is 0.377 e. The molecule has 1 heterocycles. The molecule has 2 aliphatic rings. The fourth-order valence-corrected chi connectivity index (χ4v) is 3.72. The minimum atomic E-state index is 0. The topological polar surface area (TPSA) is 45.7 Å². The molecule has 0 aromatic heterocycles. The van der Waals surface area contributed by atoms with Crippen molar-refractivity contribution in [3.05, 3.63) is 0 Å². The Hall–Kier alpha value is -0.0400. The van der Waals surface area contributed by atoms with Gasteiger partial charge in [-0.2, -0.15) is 0 Å².